The number of allylic oxidation sites excluding steroid dienone is 7. The number of hydrogen-bond donors (Lipinski definition) is 1. The molecule has 0 saturated carbocycles. The van der Waals surface area contributed by atoms with Crippen LogP contribution in [0.2, 0.25) is 0 Å². The lowest BCUT2D eigenvalue weighted by atomic mass is 9.88. The first-order chi connectivity index (χ1) is 11.7. The molecule has 0 saturated heterocycles. The molecule has 0 atom stereocenters. The van der Waals surface area contributed by atoms with Gasteiger partial charge in [-0.1, -0.05) is 48.2 Å². The smallest absolute Gasteiger partial charge is 0.100 e. The van der Waals surface area contributed by atoms with Crippen molar-refractivity contribution in [1.29, 1.82) is 0 Å². The number of rotatable bonds is 2. The third kappa shape index (κ3) is 2.55. The lowest BCUT2D eigenvalue weighted by molar-refractivity contribution is 0.590. The van der Waals surface area contributed by atoms with Crippen molar-refractivity contribution in [3.05, 3.63) is 94.8 Å². The number of nitrogens with two attached hydrogens (primary N) is 1. The summed E-state index contributed by atoms with van der Waals surface area (Å²) in [5.74, 6) is -0.0549. The van der Waals surface area contributed by atoms with Crippen LogP contribution < -0.4 is 5.73 Å². The van der Waals surface area contributed by atoms with Crippen LogP contribution in [0.3, 0.4) is 0 Å². The van der Waals surface area contributed by atoms with Gasteiger partial charge in [-0.25, -0.2) is 4.39 Å². The minimum Gasteiger partial charge on any atom is -0.392 e. The zero-order valence-corrected chi connectivity index (χ0v) is 13.1. The average molecular weight is 313 g/mol. The van der Waals surface area contributed by atoms with Crippen LogP contribution in [0.25, 0.3) is 21.9 Å². The molecule has 0 aliphatic heterocycles. The second kappa shape index (κ2) is 5.86. The highest BCUT2D eigenvalue weighted by atomic mass is 19.1. The Hall–Kier alpha value is -3.05. The number of fused-ring (bicyclic) bond motifs is 1. The van der Waals surface area contributed by atoms with Crippen LogP contribution in [0.5, 0.6) is 0 Å². The molecule has 0 heterocycles. The van der Waals surface area contributed by atoms with Crippen molar-refractivity contribution >= 4 is 21.9 Å². The fourth-order valence-corrected chi connectivity index (χ4v) is 3.22. The molecule has 0 bridgehead atoms. The molecule has 0 spiro atoms. The summed E-state index contributed by atoms with van der Waals surface area (Å²) in [6.07, 6.45) is 8.45. The molecule has 0 unspecified atom stereocenters. The predicted octanol–water partition coefficient (Wildman–Crippen LogP) is 5.42. The van der Waals surface area contributed by atoms with Crippen LogP contribution in [0.4, 0.5) is 4.39 Å². The van der Waals surface area contributed by atoms with Gasteiger partial charge in [0.05, 0.1) is 5.70 Å². The van der Waals surface area contributed by atoms with Crippen LogP contribution in [0.15, 0.2) is 83.7 Å². The van der Waals surface area contributed by atoms with Crippen LogP contribution in [-0.4, -0.2) is 0 Å². The Morgan fingerprint density at radius 2 is 1.67 bits per heavy atom. The van der Waals surface area contributed by atoms with Gasteiger partial charge in [0, 0.05) is 12.0 Å². The van der Waals surface area contributed by atoms with E-state index in [0.29, 0.717) is 18.5 Å². The highest BCUT2D eigenvalue weighted by molar-refractivity contribution is 6.03. The third-order valence-electron chi connectivity index (χ3n) is 4.41. The van der Waals surface area contributed by atoms with Crippen molar-refractivity contribution in [2.24, 2.45) is 5.73 Å². The summed E-state index contributed by atoms with van der Waals surface area (Å²) in [7, 11) is 0. The van der Waals surface area contributed by atoms with Crippen LogP contribution in [0.1, 0.15) is 24.0 Å². The Kier molecular flexibility index (Phi) is 3.55. The maximum Gasteiger partial charge on any atom is 0.100 e. The van der Waals surface area contributed by atoms with E-state index in [1.807, 2.05) is 24.3 Å². The fraction of sp³-hybridized carbons (Fsp3) is 0.0909. The minimum absolute atomic E-state index is 0.0549. The molecule has 0 amide bonds. The molecule has 2 N–H and O–H groups in total. The van der Waals surface area contributed by atoms with E-state index in [9.17, 15) is 4.39 Å². The van der Waals surface area contributed by atoms with E-state index in [4.69, 9.17) is 5.73 Å². The van der Waals surface area contributed by atoms with Gasteiger partial charge in [-0.2, -0.15) is 0 Å². The molecule has 0 aromatic heterocycles. The number of hydrogen-bond acceptors (Lipinski definition) is 1. The van der Waals surface area contributed by atoms with Gasteiger partial charge in [0.15, 0.2) is 0 Å². The van der Waals surface area contributed by atoms with Crippen LogP contribution in [0, 0.1) is 0 Å². The topological polar surface area (TPSA) is 26.0 Å². The van der Waals surface area contributed by atoms with Crippen LogP contribution in [-0.2, 0) is 0 Å². The third-order valence-corrected chi connectivity index (χ3v) is 4.41. The molecular formula is C22H16FN. The molecular weight excluding hydrogens is 297 g/mol. The van der Waals surface area contributed by atoms with Gasteiger partial charge in [0.25, 0.3) is 0 Å². The maximum atomic E-state index is 13.4. The molecule has 2 heteroatoms. The normalized spacial score (nSPS) is 16.5. The van der Waals surface area contributed by atoms with Crippen molar-refractivity contribution in [1.82, 2.24) is 0 Å². The van der Waals surface area contributed by atoms with Gasteiger partial charge < -0.3 is 5.73 Å². The Balaban J connectivity index is 2.00. The highest BCUT2D eigenvalue weighted by Gasteiger charge is 2.14. The van der Waals surface area contributed by atoms with E-state index in [2.05, 4.69) is 41.8 Å². The van der Waals surface area contributed by atoms with Gasteiger partial charge >= 0.3 is 0 Å². The van der Waals surface area contributed by atoms with Crippen molar-refractivity contribution in [3.8, 4) is 0 Å². The molecule has 0 radical (unpaired) electrons. The monoisotopic (exact) mass is 313 g/mol. The second-order valence-corrected chi connectivity index (χ2v) is 5.97. The largest absolute Gasteiger partial charge is 0.392 e. The van der Waals surface area contributed by atoms with E-state index in [0.717, 1.165) is 33.0 Å². The maximum absolute atomic E-state index is 13.4. The summed E-state index contributed by atoms with van der Waals surface area (Å²) >= 11 is 0. The van der Waals surface area contributed by atoms with Crippen molar-refractivity contribution in [2.45, 2.75) is 12.8 Å². The summed E-state index contributed by atoms with van der Waals surface area (Å²) < 4.78 is 13.4. The van der Waals surface area contributed by atoms with E-state index < -0.39 is 0 Å². The van der Waals surface area contributed by atoms with Gasteiger partial charge in [-0.05, 0) is 57.9 Å². The van der Waals surface area contributed by atoms with E-state index >= 15 is 0 Å². The second-order valence-electron chi connectivity index (χ2n) is 5.97. The lowest BCUT2D eigenvalue weighted by Crippen LogP contribution is -1.96. The number of benzene rings is 2. The summed E-state index contributed by atoms with van der Waals surface area (Å²) in [5, 5.41) is 2.32. The summed E-state index contributed by atoms with van der Waals surface area (Å²) in [6.45, 7) is 0. The zero-order valence-electron chi connectivity index (χ0n) is 13.1. The Morgan fingerprint density at radius 3 is 2.33 bits per heavy atom. The standard InChI is InChI=1S/C22H16FN/c23-18-11-7-15(8-12-18)20-5-1-3-17-4-2-6-21(22(17)20)16-9-13-19(24)14-10-16/h1-7,9,11,13H,8,12,24H2. The first-order valence-corrected chi connectivity index (χ1v) is 7.99. The highest BCUT2D eigenvalue weighted by Crippen LogP contribution is 2.36. The Bertz CT molecular complexity index is 1030. The van der Waals surface area contributed by atoms with Crippen LogP contribution >= 0.6 is 0 Å². The van der Waals surface area contributed by atoms with Crippen molar-refractivity contribution < 1.29 is 4.39 Å². The van der Waals surface area contributed by atoms with Gasteiger partial charge in [0.1, 0.15) is 5.83 Å². The summed E-state index contributed by atoms with van der Waals surface area (Å²) in [4.78, 5) is 0. The van der Waals surface area contributed by atoms with E-state index in [-0.39, 0.29) is 5.83 Å². The number of halogens is 1. The fourth-order valence-electron chi connectivity index (χ4n) is 3.22. The van der Waals surface area contributed by atoms with E-state index in [1.54, 1.807) is 6.08 Å². The molecule has 2 aliphatic rings. The Morgan fingerprint density at radius 1 is 0.875 bits per heavy atom. The van der Waals surface area contributed by atoms with Crippen molar-refractivity contribution in [3.63, 3.8) is 0 Å². The molecule has 2 aliphatic carbocycles. The quantitative estimate of drug-likeness (QED) is 0.736. The minimum atomic E-state index is -0.0549. The molecule has 0 fully saturated rings. The molecule has 4 rings (SSSR count). The lowest BCUT2D eigenvalue weighted by Gasteiger charge is -2.16. The first kappa shape index (κ1) is 14.5. The molecule has 1 nitrogen and oxygen atoms in total. The SMILES string of the molecule is NC1=C=C=C(c2cccc3cccc(C4=CC=C(F)CC4)c23)C=C1. The molecule has 116 valence electrons. The van der Waals surface area contributed by atoms with Gasteiger partial charge in [0.2, 0.25) is 0 Å². The summed E-state index contributed by atoms with van der Waals surface area (Å²) in [5.41, 5.74) is 16.8. The zero-order chi connectivity index (χ0) is 16.5. The Labute approximate surface area is 140 Å². The van der Waals surface area contributed by atoms with Gasteiger partial charge in [-0.3, -0.25) is 0 Å². The van der Waals surface area contributed by atoms with E-state index in [1.165, 1.54) is 0 Å². The molecule has 2 aromatic rings. The predicted molar refractivity (Wildman–Crippen MR) is 97.6 cm³/mol. The average Bonchev–Trinajstić information content (AvgIpc) is 2.62. The van der Waals surface area contributed by atoms with Crippen molar-refractivity contribution in [2.75, 3.05) is 0 Å². The van der Waals surface area contributed by atoms with Gasteiger partial charge in [-0.15, -0.1) is 0 Å². The first-order valence-electron chi connectivity index (χ1n) is 7.99. The summed E-state index contributed by atoms with van der Waals surface area (Å²) in [6, 6.07) is 12.5. The molecule has 24 heavy (non-hydrogen) atoms. The molecule has 2 aromatic carbocycles.